The topological polar surface area (TPSA) is 67.7 Å². The summed E-state index contributed by atoms with van der Waals surface area (Å²) in [7, 11) is 0. The van der Waals surface area contributed by atoms with E-state index in [1.165, 1.54) is 42.4 Å². The van der Waals surface area contributed by atoms with Gasteiger partial charge < -0.3 is 10.3 Å². The Morgan fingerprint density at radius 1 is 1.00 bits per heavy atom. The van der Waals surface area contributed by atoms with Crippen LogP contribution in [0.1, 0.15) is 40.7 Å². The highest BCUT2D eigenvalue weighted by atomic mass is 15.1. The largest absolute Gasteiger partial charge is 0.361 e. The fourth-order valence-corrected chi connectivity index (χ4v) is 4.77. The molecule has 0 saturated carbocycles. The molecule has 2 aromatic carbocycles. The Kier molecular flexibility index (Phi) is 6.10. The van der Waals surface area contributed by atoms with E-state index in [4.69, 9.17) is 0 Å². The Balaban J connectivity index is 1.33. The smallest absolute Gasteiger partial charge is 0.103 e. The third-order valence-corrected chi connectivity index (χ3v) is 6.72. The highest BCUT2D eigenvalue weighted by molar-refractivity contribution is 5.89. The van der Waals surface area contributed by atoms with Crippen molar-refractivity contribution < 1.29 is 0 Å². The van der Waals surface area contributed by atoms with Crippen molar-refractivity contribution in [2.45, 2.75) is 39.2 Å². The zero-order valence-corrected chi connectivity index (χ0v) is 19.1. The molecule has 5 nitrogen and oxygen atoms in total. The molecule has 2 N–H and O–H groups in total. The maximum absolute atomic E-state index is 9.72. The second-order valence-corrected chi connectivity index (χ2v) is 8.93. The summed E-state index contributed by atoms with van der Waals surface area (Å²) < 4.78 is 0. The van der Waals surface area contributed by atoms with Crippen LogP contribution < -0.4 is 5.32 Å². The van der Waals surface area contributed by atoms with Crippen molar-refractivity contribution in [1.29, 1.82) is 5.26 Å². The Bertz CT molecular complexity index is 1290. The van der Waals surface area contributed by atoms with Crippen LogP contribution in [0.2, 0.25) is 0 Å². The molecule has 0 unspecified atom stereocenters. The number of nitriles is 1. The summed E-state index contributed by atoms with van der Waals surface area (Å²) in [6.45, 7) is 5.59. The quantitative estimate of drug-likeness (QED) is 0.381. The number of anilines is 2. The lowest BCUT2D eigenvalue weighted by molar-refractivity contribution is 0.331. The lowest BCUT2D eigenvalue weighted by Gasteiger charge is -2.16. The van der Waals surface area contributed by atoms with Crippen molar-refractivity contribution >= 4 is 22.3 Å². The molecule has 1 aliphatic rings. The molecule has 0 aliphatic carbocycles. The van der Waals surface area contributed by atoms with Crippen LogP contribution in [0.25, 0.3) is 10.9 Å². The van der Waals surface area contributed by atoms with Crippen LogP contribution in [0, 0.1) is 18.3 Å². The maximum Gasteiger partial charge on any atom is 0.103 e. The summed E-state index contributed by atoms with van der Waals surface area (Å²) in [5, 5.41) is 14.5. The lowest BCUT2D eigenvalue weighted by atomic mass is 10.0. The van der Waals surface area contributed by atoms with Gasteiger partial charge in [0, 0.05) is 41.7 Å². The minimum Gasteiger partial charge on any atom is -0.361 e. The van der Waals surface area contributed by atoms with E-state index in [0.29, 0.717) is 5.56 Å². The molecule has 0 radical (unpaired) electrons. The predicted octanol–water partition coefficient (Wildman–Crippen LogP) is 5.87. The van der Waals surface area contributed by atoms with Crippen LogP contribution in [-0.2, 0) is 19.4 Å². The van der Waals surface area contributed by atoms with Crippen molar-refractivity contribution in [2.24, 2.45) is 0 Å². The zero-order chi connectivity index (χ0) is 22.6. The summed E-state index contributed by atoms with van der Waals surface area (Å²) in [6.07, 6.45) is 9.85. The first-order chi connectivity index (χ1) is 16.2. The average Bonchev–Trinajstić information content (AvgIpc) is 3.53. The van der Waals surface area contributed by atoms with Gasteiger partial charge in [-0.2, -0.15) is 5.26 Å². The molecule has 3 heterocycles. The summed E-state index contributed by atoms with van der Waals surface area (Å²) in [5.74, 6) is 0. The standard InChI is InChI=1S/C28H29N5/c1-20-25-12-13-31-27(25)11-10-26(20)32-28-23(17-30-18-24(28)16-29)9-8-21-4-6-22(7-5-21)19-33-14-2-3-15-33/h4-7,10-13,17-18,31H,2-3,8-9,14-15,19H2,1H3,(H,30,32). The van der Waals surface area contributed by atoms with Crippen LogP contribution in [0.5, 0.6) is 0 Å². The van der Waals surface area contributed by atoms with E-state index in [9.17, 15) is 5.26 Å². The van der Waals surface area contributed by atoms with E-state index in [2.05, 4.69) is 75.6 Å². The number of aromatic nitrogens is 2. The molecule has 4 aromatic rings. The summed E-state index contributed by atoms with van der Waals surface area (Å²) in [4.78, 5) is 10.1. The Morgan fingerprint density at radius 2 is 1.79 bits per heavy atom. The molecule has 0 amide bonds. The molecular weight excluding hydrogens is 406 g/mol. The molecule has 5 heteroatoms. The molecule has 166 valence electrons. The number of nitrogens with one attached hydrogen (secondary N) is 2. The van der Waals surface area contributed by atoms with Gasteiger partial charge in [-0.15, -0.1) is 0 Å². The molecule has 1 saturated heterocycles. The average molecular weight is 436 g/mol. The number of fused-ring (bicyclic) bond motifs is 1. The molecule has 33 heavy (non-hydrogen) atoms. The Hall–Kier alpha value is -3.62. The second-order valence-electron chi connectivity index (χ2n) is 8.93. The fourth-order valence-electron chi connectivity index (χ4n) is 4.77. The van der Waals surface area contributed by atoms with Crippen LogP contribution in [0.4, 0.5) is 11.4 Å². The van der Waals surface area contributed by atoms with E-state index < -0.39 is 0 Å². The first kappa shape index (κ1) is 21.2. The number of rotatable bonds is 7. The third-order valence-electron chi connectivity index (χ3n) is 6.72. The van der Waals surface area contributed by atoms with Gasteiger partial charge in [-0.3, -0.25) is 9.88 Å². The lowest BCUT2D eigenvalue weighted by Crippen LogP contribution is -2.18. The van der Waals surface area contributed by atoms with E-state index in [-0.39, 0.29) is 0 Å². The Labute approximate surface area is 195 Å². The van der Waals surface area contributed by atoms with Crippen LogP contribution in [0.3, 0.4) is 0 Å². The number of likely N-dealkylation sites (tertiary alicyclic amines) is 1. The van der Waals surface area contributed by atoms with Crippen LogP contribution in [0.15, 0.2) is 61.1 Å². The van der Waals surface area contributed by atoms with Gasteiger partial charge in [0.15, 0.2) is 0 Å². The van der Waals surface area contributed by atoms with Crippen molar-refractivity contribution in [3.05, 3.63) is 88.9 Å². The summed E-state index contributed by atoms with van der Waals surface area (Å²) in [6, 6.07) is 17.5. The second kappa shape index (κ2) is 9.48. The predicted molar refractivity (Wildman–Crippen MR) is 134 cm³/mol. The van der Waals surface area contributed by atoms with E-state index in [1.54, 1.807) is 6.20 Å². The number of pyridine rings is 1. The molecular formula is C28H29N5. The number of hydrogen-bond donors (Lipinski definition) is 2. The third kappa shape index (κ3) is 4.62. The molecule has 0 bridgehead atoms. The normalized spacial score (nSPS) is 13.9. The zero-order valence-electron chi connectivity index (χ0n) is 19.1. The number of aryl methyl sites for hydroxylation is 3. The number of H-pyrrole nitrogens is 1. The van der Waals surface area contributed by atoms with Crippen LogP contribution >= 0.6 is 0 Å². The highest BCUT2D eigenvalue weighted by Gasteiger charge is 2.14. The fraction of sp³-hybridized carbons (Fsp3) is 0.286. The molecule has 0 spiro atoms. The van der Waals surface area contributed by atoms with Crippen LogP contribution in [-0.4, -0.2) is 28.0 Å². The van der Waals surface area contributed by atoms with Crippen molar-refractivity contribution in [2.75, 3.05) is 18.4 Å². The van der Waals surface area contributed by atoms with Crippen molar-refractivity contribution in [3.8, 4) is 6.07 Å². The van der Waals surface area contributed by atoms with Gasteiger partial charge >= 0.3 is 0 Å². The summed E-state index contributed by atoms with van der Waals surface area (Å²) >= 11 is 0. The number of benzene rings is 2. The molecule has 1 aliphatic heterocycles. The van der Waals surface area contributed by atoms with Gasteiger partial charge in [0.1, 0.15) is 6.07 Å². The number of hydrogen-bond acceptors (Lipinski definition) is 4. The first-order valence-corrected chi connectivity index (χ1v) is 11.7. The van der Waals surface area contributed by atoms with Gasteiger partial charge in [-0.05, 0) is 86.1 Å². The van der Waals surface area contributed by atoms with E-state index in [0.717, 1.165) is 47.4 Å². The van der Waals surface area contributed by atoms with Gasteiger partial charge in [0.05, 0.1) is 11.3 Å². The van der Waals surface area contributed by atoms with Gasteiger partial charge in [-0.1, -0.05) is 24.3 Å². The maximum atomic E-state index is 9.72. The molecule has 2 aromatic heterocycles. The monoisotopic (exact) mass is 435 g/mol. The molecule has 5 rings (SSSR count). The SMILES string of the molecule is Cc1c(Nc2c(C#N)cncc2CCc2ccc(CN3CCCC3)cc2)ccc2[nH]ccc12. The molecule has 0 atom stereocenters. The Morgan fingerprint density at radius 3 is 2.58 bits per heavy atom. The van der Waals surface area contributed by atoms with Gasteiger partial charge in [0.2, 0.25) is 0 Å². The van der Waals surface area contributed by atoms with Crippen molar-refractivity contribution in [1.82, 2.24) is 14.9 Å². The highest BCUT2D eigenvalue weighted by Crippen LogP contribution is 2.31. The van der Waals surface area contributed by atoms with E-state index in [1.807, 2.05) is 12.4 Å². The number of aromatic amines is 1. The van der Waals surface area contributed by atoms with Gasteiger partial charge in [0.25, 0.3) is 0 Å². The summed E-state index contributed by atoms with van der Waals surface area (Å²) in [5.41, 5.74) is 8.46. The first-order valence-electron chi connectivity index (χ1n) is 11.7. The minimum absolute atomic E-state index is 0.571. The van der Waals surface area contributed by atoms with E-state index >= 15 is 0 Å². The minimum atomic E-state index is 0.571. The van der Waals surface area contributed by atoms with Crippen molar-refractivity contribution in [3.63, 3.8) is 0 Å². The molecule has 1 fully saturated rings. The number of nitrogens with zero attached hydrogens (tertiary/aromatic N) is 3. The van der Waals surface area contributed by atoms with Gasteiger partial charge in [-0.25, -0.2) is 0 Å².